The first-order valence-electron chi connectivity index (χ1n) is 8.73. The smallest absolute Gasteiger partial charge is 0.237 e. The third-order valence-corrected chi connectivity index (χ3v) is 5.47. The van der Waals surface area contributed by atoms with Gasteiger partial charge in [-0.25, -0.2) is 0 Å². The highest BCUT2D eigenvalue weighted by molar-refractivity contribution is 7.99. The lowest BCUT2D eigenvalue weighted by molar-refractivity contribution is -0.116. The summed E-state index contributed by atoms with van der Waals surface area (Å²) in [7, 11) is 3.15. The van der Waals surface area contributed by atoms with Gasteiger partial charge in [-0.05, 0) is 40.6 Å². The van der Waals surface area contributed by atoms with Crippen molar-refractivity contribution in [3.05, 3.63) is 48.0 Å². The molecule has 1 aromatic heterocycles. The molecule has 1 aliphatic heterocycles. The van der Waals surface area contributed by atoms with Crippen LogP contribution in [-0.4, -0.2) is 52.6 Å². The number of benzene rings is 2. The average Bonchev–Trinajstić information content (AvgIpc) is 3.38. The average molecular weight is 397 g/mol. The molecule has 0 radical (unpaired) electrons. The third kappa shape index (κ3) is 3.40. The predicted molar refractivity (Wildman–Crippen MR) is 105 cm³/mol. The van der Waals surface area contributed by atoms with Gasteiger partial charge in [0.15, 0.2) is 11.5 Å². The molecule has 144 valence electrons. The van der Waals surface area contributed by atoms with E-state index in [0.717, 1.165) is 17.8 Å². The SMILES string of the molecule is COc1ccc(-n2nnnc2SCC(=O)N2CCc3ccccc32)cc1OC. The van der Waals surface area contributed by atoms with Gasteiger partial charge in [-0.2, -0.15) is 4.68 Å². The van der Waals surface area contributed by atoms with Gasteiger partial charge in [0.05, 0.1) is 25.7 Å². The monoisotopic (exact) mass is 397 g/mol. The van der Waals surface area contributed by atoms with E-state index in [0.29, 0.717) is 23.2 Å². The number of fused-ring (bicyclic) bond motifs is 1. The van der Waals surface area contributed by atoms with Crippen LogP contribution in [0.15, 0.2) is 47.6 Å². The van der Waals surface area contributed by atoms with Gasteiger partial charge in [0.1, 0.15) is 0 Å². The molecule has 0 unspecified atom stereocenters. The van der Waals surface area contributed by atoms with Crippen LogP contribution in [0.5, 0.6) is 11.5 Å². The fraction of sp³-hybridized carbons (Fsp3) is 0.263. The number of hydrogen-bond donors (Lipinski definition) is 0. The summed E-state index contributed by atoms with van der Waals surface area (Å²) < 4.78 is 12.2. The molecule has 0 spiro atoms. The van der Waals surface area contributed by atoms with Crippen LogP contribution in [0.2, 0.25) is 0 Å². The molecule has 8 nitrogen and oxygen atoms in total. The Morgan fingerprint density at radius 1 is 1.14 bits per heavy atom. The molecule has 0 atom stereocenters. The molecule has 3 aromatic rings. The summed E-state index contributed by atoms with van der Waals surface area (Å²) >= 11 is 1.31. The molecule has 1 aliphatic rings. The van der Waals surface area contributed by atoms with Crippen molar-refractivity contribution in [2.75, 3.05) is 31.4 Å². The van der Waals surface area contributed by atoms with E-state index in [-0.39, 0.29) is 11.7 Å². The lowest BCUT2D eigenvalue weighted by Gasteiger charge is -2.16. The topological polar surface area (TPSA) is 82.4 Å². The minimum atomic E-state index is 0.0387. The summed E-state index contributed by atoms with van der Waals surface area (Å²) in [6.07, 6.45) is 0.885. The Balaban J connectivity index is 1.49. The number of hydrogen-bond acceptors (Lipinski definition) is 7. The normalized spacial score (nSPS) is 12.7. The van der Waals surface area contributed by atoms with E-state index in [1.165, 1.54) is 17.3 Å². The number of thioether (sulfide) groups is 1. The van der Waals surface area contributed by atoms with E-state index in [9.17, 15) is 4.79 Å². The minimum Gasteiger partial charge on any atom is -0.493 e. The zero-order valence-corrected chi connectivity index (χ0v) is 16.3. The van der Waals surface area contributed by atoms with E-state index < -0.39 is 0 Å². The lowest BCUT2D eigenvalue weighted by atomic mass is 10.2. The molecule has 1 amide bonds. The third-order valence-electron chi connectivity index (χ3n) is 4.57. The maximum absolute atomic E-state index is 12.7. The summed E-state index contributed by atoms with van der Waals surface area (Å²) in [6.45, 7) is 0.708. The highest BCUT2D eigenvalue weighted by Crippen LogP contribution is 2.31. The van der Waals surface area contributed by atoms with Crippen molar-refractivity contribution in [1.82, 2.24) is 20.2 Å². The number of para-hydroxylation sites is 1. The van der Waals surface area contributed by atoms with Crippen LogP contribution in [-0.2, 0) is 11.2 Å². The number of amides is 1. The number of ether oxygens (including phenoxy) is 2. The second kappa shape index (κ2) is 7.89. The van der Waals surface area contributed by atoms with Gasteiger partial charge < -0.3 is 14.4 Å². The Hall–Kier alpha value is -3.07. The van der Waals surface area contributed by atoms with Crippen molar-refractivity contribution in [3.63, 3.8) is 0 Å². The molecule has 4 rings (SSSR count). The molecule has 0 N–H and O–H groups in total. The van der Waals surface area contributed by atoms with Gasteiger partial charge >= 0.3 is 0 Å². The Labute approximate surface area is 166 Å². The van der Waals surface area contributed by atoms with Crippen LogP contribution in [0.1, 0.15) is 5.56 Å². The van der Waals surface area contributed by atoms with E-state index in [2.05, 4.69) is 21.6 Å². The summed E-state index contributed by atoms with van der Waals surface area (Å²) in [6, 6.07) is 13.4. The quantitative estimate of drug-likeness (QED) is 0.591. The molecule has 28 heavy (non-hydrogen) atoms. The number of anilines is 1. The first-order chi connectivity index (χ1) is 13.7. The van der Waals surface area contributed by atoms with Gasteiger partial charge in [-0.15, -0.1) is 5.10 Å². The first-order valence-corrected chi connectivity index (χ1v) is 9.71. The van der Waals surface area contributed by atoms with Crippen LogP contribution < -0.4 is 14.4 Å². The van der Waals surface area contributed by atoms with Gasteiger partial charge in [0.25, 0.3) is 0 Å². The van der Waals surface area contributed by atoms with E-state index in [1.807, 2.05) is 29.2 Å². The molecular weight excluding hydrogens is 378 g/mol. The highest BCUT2D eigenvalue weighted by atomic mass is 32.2. The molecule has 0 fully saturated rings. The molecule has 0 aliphatic carbocycles. The fourth-order valence-electron chi connectivity index (χ4n) is 3.19. The number of rotatable bonds is 6. The van der Waals surface area contributed by atoms with Crippen LogP contribution in [0.25, 0.3) is 5.69 Å². The van der Waals surface area contributed by atoms with Crippen molar-refractivity contribution >= 4 is 23.4 Å². The van der Waals surface area contributed by atoms with Crippen molar-refractivity contribution in [2.45, 2.75) is 11.6 Å². The van der Waals surface area contributed by atoms with Crippen molar-refractivity contribution in [3.8, 4) is 17.2 Å². The Kier molecular flexibility index (Phi) is 5.16. The second-order valence-corrected chi connectivity index (χ2v) is 7.07. The molecule has 2 heterocycles. The molecule has 0 saturated carbocycles. The standard InChI is InChI=1S/C19H19N5O3S/c1-26-16-8-7-14(11-17(16)27-2)24-19(20-21-22-24)28-12-18(25)23-10-9-13-5-3-4-6-15(13)23/h3-8,11H,9-10,12H2,1-2H3. The van der Waals surface area contributed by atoms with E-state index in [1.54, 1.807) is 31.0 Å². The summed E-state index contributed by atoms with van der Waals surface area (Å²) in [5, 5.41) is 12.4. The summed E-state index contributed by atoms with van der Waals surface area (Å²) in [4.78, 5) is 14.6. The summed E-state index contributed by atoms with van der Waals surface area (Å²) in [5.74, 6) is 1.49. The van der Waals surface area contributed by atoms with Gasteiger partial charge in [-0.3, -0.25) is 4.79 Å². The van der Waals surface area contributed by atoms with Crippen LogP contribution >= 0.6 is 11.8 Å². The number of nitrogens with zero attached hydrogens (tertiary/aromatic N) is 5. The molecule has 0 bridgehead atoms. The van der Waals surface area contributed by atoms with Gasteiger partial charge in [-0.1, -0.05) is 30.0 Å². The van der Waals surface area contributed by atoms with Crippen LogP contribution in [0, 0.1) is 0 Å². The Morgan fingerprint density at radius 3 is 2.79 bits per heavy atom. The molecule has 0 saturated heterocycles. The number of carbonyl (C=O) groups is 1. The number of methoxy groups -OCH3 is 2. The van der Waals surface area contributed by atoms with Crippen LogP contribution in [0.3, 0.4) is 0 Å². The fourth-order valence-corrected chi connectivity index (χ4v) is 3.96. The van der Waals surface area contributed by atoms with Gasteiger partial charge in [0.2, 0.25) is 11.1 Å². The number of carbonyl (C=O) groups excluding carboxylic acids is 1. The Bertz CT molecular complexity index is 1010. The van der Waals surface area contributed by atoms with E-state index >= 15 is 0 Å². The van der Waals surface area contributed by atoms with Crippen molar-refractivity contribution in [2.24, 2.45) is 0 Å². The predicted octanol–water partition coefficient (Wildman–Crippen LogP) is 2.36. The minimum absolute atomic E-state index is 0.0387. The van der Waals surface area contributed by atoms with Gasteiger partial charge in [0, 0.05) is 18.3 Å². The van der Waals surface area contributed by atoms with Crippen molar-refractivity contribution < 1.29 is 14.3 Å². The first kappa shape index (κ1) is 18.3. The maximum atomic E-state index is 12.7. The number of tetrazole rings is 1. The highest BCUT2D eigenvalue weighted by Gasteiger charge is 2.24. The lowest BCUT2D eigenvalue weighted by Crippen LogP contribution is -2.30. The zero-order valence-electron chi connectivity index (χ0n) is 15.5. The molecular formula is C19H19N5O3S. The number of aromatic nitrogens is 4. The Morgan fingerprint density at radius 2 is 1.96 bits per heavy atom. The van der Waals surface area contributed by atoms with Crippen LogP contribution in [0.4, 0.5) is 5.69 Å². The molecule has 2 aromatic carbocycles. The van der Waals surface area contributed by atoms with E-state index in [4.69, 9.17) is 9.47 Å². The molecule has 9 heteroatoms. The maximum Gasteiger partial charge on any atom is 0.237 e. The summed E-state index contributed by atoms with van der Waals surface area (Å²) in [5.41, 5.74) is 2.92. The largest absolute Gasteiger partial charge is 0.493 e. The second-order valence-electron chi connectivity index (χ2n) is 6.13. The van der Waals surface area contributed by atoms with Crippen molar-refractivity contribution in [1.29, 1.82) is 0 Å². The zero-order chi connectivity index (χ0) is 19.5.